The molecule has 17 heteroatoms. The number of amides is 1. The molecule has 14 N–H and O–H groups in total. The van der Waals surface area contributed by atoms with Gasteiger partial charge in [0.15, 0.2) is 12.6 Å². The molecule has 1 saturated carbocycles. The highest BCUT2D eigenvalue weighted by Gasteiger charge is 2.51. The van der Waals surface area contributed by atoms with Crippen LogP contribution in [0.4, 0.5) is 4.79 Å². The smallest absolute Gasteiger partial charge is 0.407 e. The third kappa shape index (κ3) is 7.78. The van der Waals surface area contributed by atoms with Crippen LogP contribution in [0.2, 0.25) is 0 Å². The van der Waals surface area contributed by atoms with Gasteiger partial charge in [-0.15, -0.1) is 0 Å². The lowest BCUT2D eigenvalue weighted by atomic mass is 9.84. The number of hydrogen-bond acceptors (Lipinski definition) is 16. The van der Waals surface area contributed by atoms with Crippen molar-refractivity contribution in [2.45, 2.75) is 105 Å². The number of carbonyl (C=O) groups is 1. The van der Waals surface area contributed by atoms with E-state index in [2.05, 4.69) is 5.32 Å². The van der Waals surface area contributed by atoms with Gasteiger partial charge in [-0.2, -0.15) is 0 Å². The van der Waals surface area contributed by atoms with Gasteiger partial charge in [0.2, 0.25) is 0 Å². The summed E-state index contributed by atoms with van der Waals surface area (Å²) in [5, 5.41) is 75.1. The summed E-state index contributed by atoms with van der Waals surface area (Å²) in [4.78, 5) is 12.2. The van der Waals surface area contributed by atoms with Gasteiger partial charge in [-0.05, 0) is 12.0 Å². The van der Waals surface area contributed by atoms with Crippen LogP contribution in [-0.2, 0) is 30.3 Å². The molecule has 43 heavy (non-hydrogen) atoms. The minimum absolute atomic E-state index is 0.00719. The Morgan fingerprint density at radius 2 is 1.37 bits per heavy atom. The van der Waals surface area contributed by atoms with Gasteiger partial charge >= 0.3 is 6.09 Å². The summed E-state index contributed by atoms with van der Waals surface area (Å²) >= 11 is 0. The number of rotatable bonds is 9. The predicted molar refractivity (Wildman–Crippen MR) is 143 cm³/mol. The van der Waals surface area contributed by atoms with Crippen molar-refractivity contribution in [3.05, 3.63) is 35.9 Å². The Labute approximate surface area is 247 Å². The fraction of sp³-hybridized carbons (Fsp3) is 0.731. The summed E-state index contributed by atoms with van der Waals surface area (Å²) in [5.41, 5.74) is 19.0. The van der Waals surface area contributed by atoms with Gasteiger partial charge in [-0.25, -0.2) is 4.79 Å². The van der Waals surface area contributed by atoms with Gasteiger partial charge in [0.05, 0.1) is 12.6 Å². The highest BCUT2D eigenvalue weighted by molar-refractivity contribution is 5.67. The van der Waals surface area contributed by atoms with Gasteiger partial charge in [0.25, 0.3) is 0 Å². The first-order valence-corrected chi connectivity index (χ1v) is 13.9. The summed E-state index contributed by atoms with van der Waals surface area (Å²) in [7, 11) is 0. The summed E-state index contributed by atoms with van der Waals surface area (Å²) in [5.74, 6) is 0. The number of aliphatic hydroxyl groups excluding tert-OH is 7. The van der Waals surface area contributed by atoms with Crippen molar-refractivity contribution in [3.63, 3.8) is 0 Å². The van der Waals surface area contributed by atoms with E-state index in [0.717, 1.165) is 5.56 Å². The van der Waals surface area contributed by atoms with Gasteiger partial charge in [0, 0.05) is 18.6 Å². The van der Waals surface area contributed by atoms with Crippen LogP contribution in [0.5, 0.6) is 0 Å². The second kappa shape index (κ2) is 14.8. The number of alkyl carbamates (subject to hydrolysis) is 1. The van der Waals surface area contributed by atoms with Crippen LogP contribution in [0.15, 0.2) is 30.3 Å². The molecule has 3 aliphatic rings. The van der Waals surface area contributed by atoms with E-state index in [1.807, 2.05) is 6.07 Å². The van der Waals surface area contributed by atoms with Gasteiger partial charge < -0.3 is 81.9 Å². The standard InChI is InChI=1S/C26H42N4O13/c27-11-6-12(28)23(21(37)22(11)42-24-18(34)15(29)16(32)14(8-31)41-24)43-25-20(36)19(35)17(33)13(40-25)7-30-26(38)39-9-10-4-2-1-3-5-10/h1-5,11-25,31-37H,6-9,27-29H2,(H,30,38)/t11-,12+,13-,14-,15+,16-,17-,18-,19+,20-,21-,22+,23+,24+,25+/m1/s1. The van der Waals surface area contributed by atoms with Crippen LogP contribution in [0.1, 0.15) is 12.0 Å². The number of aliphatic hydroxyl groups is 7. The number of benzene rings is 1. The van der Waals surface area contributed by atoms with Crippen molar-refractivity contribution in [2.24, 2.45) is 17.2 Å². The molecule has 0 aromatic heterocycles. The molecule has 3 fully saturated rings. The first-order valence-electron chi connectivity index (χ1n) is 13.9. The number of hydrogen-bond donors (Lipinski definition) is 11. The largest absolute Gasteiger partial charge is 0.445 e. The van der Waals surface area contributed by atoms with Crippen molar-refractivity contribution in [1.29, 1.82) is 0 Å². The third-order valence-corrected chi connectivity index (χ3v) is 7.91. The molecule has 2 aliphatic heterocycles. The molecule has 1 aliphatic carbocycles. The lowest BCUT2D eigenvalue weighted by molar-refractivity contribution is -0.332. The Bertz CT molecular complexity index is 1030. The second-order valence-electron chi connectivity index (χ2n) is 11.0. The normalized spacial score (nSPS) is 43.6. The fourth-order valence-electron chi connectivity index (χ4n) is 5.33. The van der Waals surface area contributed by atoms with Crippen LogP contribution >= 0.6 is 0 Å². The van der Waals surface area contributed by atoms with E-state index in [9.17, 15) is 40.5 Å². The highest BCUT2D eigenvalue weighted by Crippen LogP contribution is 2.31. The van der Waals surface area contributed by atoms with E-state index < -0.39 is 104 Å². The van der Waals surface area contributed by atoms with Crippen molar-refractivity contribution in [1.82, 2.24) is 5.32 Å². The average molecular weight is 619 g/mol. The second-order valence-corrected chi connectivity index (χ2v) is 11.0. The van der Waals surface area contributed by atoms with Crippen LogP contribution in [0.25, 0.3) is 0 Å². The molecule has 0 radical (unpaired) electrons. The zero-order valence-corrected chi connectivity index (χ0v) is 23.2. The van der Waals surface area contributed by atoms with E-state index in [1.54, 1.807) is 24.3 Å². The zero-order chi connectivity index (χ0) is 31.4. The molecular weight excluding hydrogens is 576 g/mol. The fourth-order valence-corrected chi connectivity index (χ4v) is 5.33. The lowest BCUT2D eigenvalue weighted by Gasteiger charge is -2.48. The SMILES string of the molecule is N[C@@H]1[C@@H](O)[C@H](O[C@@H]2[C@@H](O)[C@@H](O[C@@H]3O[C@H](CNC(=O)OCc4ccccc4)[C@@H](O)[C@H](O)[C@H]3O)[C@@H](N)C[C@H]2N)O[C@H](CO)[C@H]1O. The average Bonchev–Trinajstić information content (AvgIpc) is 2.99. The molecule has 0 spiro atoms. The Morgan fingerprint density at radius 3 is 1.98 bits per heavy atom. The Morgan fingerprint density at radius 1 is 0.791 bits per heavy atom. The van der Waals surface area contributed by atoms with Crippen LogP contribution in [0, 0.1) is 0 Å². The zero-order valence-electron chi connectivity index (χ0n) is 23.2. The third-order valence-electron chi connectivity index (χ3n) is 7.91. The number of nitrogens with two attached hydrogens (primary N) is 3. The lowest BCUT2D eigenvalue weighted by Crippen LogP contribution is -2.68. The Balaban J connectivity index is 1.37. The molecule has 2 heterocycles. The van der Waals surface area contributed by atoms with Crippen molar-refractivity contribution >= 4 is 6.09 Å². The van der Waals surface area contributed by atoms with E-state index in [-0.39, 0.29) is 19.6 Å². The Hall–Kier alpha value is -2.07. The first-order chi connectivity index (χ1) is 20.4. The minimum atomic E-state index is -1.78. The molecule has 0 unspecified atom stereocenters. The van der Waals surface area contributed by atoms with Crippen molar-refractivity contribution < 1.29 is 64.2 Å². The maximum absolute atomic E-state index is 12.2. The van der Waals surface area contributed by atoms with Crippen molar-refractivity contribution in [3.8, 4) is 0 Å². The summed E-state index contributed by atoms with van der Waals surface area (Å²) in [6, 6.07) is 5.88. The summed E-state index contributed by atoms with van der Waals surface area (Å²) in [6.45, 7) is -0.959. The van der Waals surface area contributed by atoms with Gasteiger partial charge in [0.1, 0.15) is 67.6 Å². The number of nitrogens with one attached hydrogen (secondary N) is 1. The first kappa shape index (κ1) is 33.8. The molecule has 0 bridgehead atoms. The molecule has 244 valence electrons. The molecule has 1 amide bonds. The van der Waals surface area contributed by atoms with Crippen molar-refractivity contribution in [2.75, 3.05) is 13.2 Å². The van der Waals surface area contributed by atoms with E-state index >= 15 is 0 Å². The molecule has 4 rings (SSSR count). The van der Waals surface area contributed by atoms with E-state index in [4.69, 9.17) is 40.9 Å². The molecular formula is C26H42N4O13. The number of ether oxygens (including phenoxy) is 5. The molecule has 1 aromatic rings. The molecule has 15 atom stereocenters. The molecule has 17 nitrogen and oxygen atoms in total. The molecule has 2 saturated heterocycles. The van der Waals surface area contributed by atoms with Crippen LogP contribution < -0.4 is 22.5 Å². The predicted octanol–water partition coefficient (Wildman–Crippen LogP) is -5.32. The minimum Gasteiger partial charge on any atom is -0.445 e. The molecule has 1 aromatic carbocycles. The maximum Gasteiger partial charge on any atom is 0.407 e. The van der Waals surface area contributed by atoms with E-state index in [0.29, 0.717) is 0 Å². The number of carbonyl (C=O) groups excluding carboxylic acids is 1. The summed E-state index contributed by atoms with van der Waals surface area (Å²) < 4.78 is 27.8. The quantitative estimate of drug-likeness (QED) is 0.123. The van der Waals surface area contributed by atoms with Gasteiger partial charge in [-0.1, -0.05) is 30.3 Å². The summed E-state index contributed by atoms with van der Waals surface area (Å²) in [6.07, 6.45) is -18.6. The monoisotopic (exact) mass is 618 g/mol. The van der Waals surface area contributed by atoms with E-state index in [1.165, 1.54) is 0 Å². The topological polar surface area (TPSA) is 295 Å². The van der Waals surface area contributed by atoms with Crippen LogP contribution in [0.3, 0.4) is 0 Å². The highest BCUT2D eigenvalue weighted by atomic mass is 16.7. The van der Waals surface area contributed by atoms with Gasteiger partial charge in [-0.3, -0.25) is 0 Å². The maximum atomic E-state index is 12.2. The Kier molecular flexibility index (Phi) is 11.6. The van der Waals surface area contributed by atoms with Crippen LogP contribution in [-0.4, -0.2) is 147 Å².